The molecule has 0 saturated heterocycles. The molecule has 1 aliphatic heterocycles. The third kappa shape index (κ3) is 3.58. The van der Waals surface area contributed by atoms with Crippen LogP contribution in [-0.4, -0.2) is 0 Å². The zero-order valence-corrected chi connectivity index (χ0v) is 23.5. The predicted octanol–water partition coefficient (Wildman–Crippen LogP) is 11.9. The average molecular weight is 546 g/mol. The van der Waals surface area contributed by atoms with E-state index in [2.05, 4.69) is 169 Å². The summed E-state index contributed by atoms with van der Waals surface area (Å²) in [5.41, 5.74) is 11.0. The van der Waals surface area contributed by atoms with Gasteiger partial charge >= 0.3 is 0 Å². The second-order valence-electron chi connectivity index (χ2n) is 11.3. The van der Waals surface area contributed by atoms with Crippen LogP contribution in [0.5, 0.6) is 0 Å². The smallest absolute Gasteiger partial charge is 0.0540 e. The van der Waals surface area contributed by atoms with E-state index >= 15 is 0 Å². The molecule has 0 bridgehead atoms. The van der Waals surface area contributed by atoms with Crippen LogP contribution in [0.25, 0.3) is 65.7 Å². The van der Waals surface area contributed by atoms with Crippen molar-refractivity contribution in [1.29, 1.82) is 0 Å². The zero-order chi connectivity index (χ0) is 28.3. The van der Waals surface area contributed by atoms with E-state index in [9.17, 15) is 0 Å². The van der Waals surface area contributed by atoms with Crippen LogP contribution in [0.1, 0.15) is 0 Å². The van der Waals surface area contributed by atoms with Crippen LogP contribution < -0.4 is 4.90 Å². The van der Waals surface area contributed by atoms with Crippen LogP contribution in [0.15, 0.2) is 164 Å². The van der Waals surface area contributed by atoms with E-state index in [4.69, 9.17) is 0 Å². The number of benzene rings is 8. The monoisotopic (exact) mass is 545 g/mol. The van der Waals surface area contributed by atoms with E-state index in [0.717, 1.165) is 5.69 Å². The van der Waals surface area contributed by atoms with Crippen LogP contribution in [0.2, 0.25) is 0 Å². The Balaban J connectivity index is 1.38. The Morgan fingerprint density at radius 2 is 0.791 bits per heavy atom. The van der Waals surface area contributed by atoms with E-state index in [1.807, 2.05) is 0 Å². The van der Waals surface area contributed by atoms with Crippen LogP contribution in [0, 0.1) is 0 Å². The van der Waals surface area contributed by atoms with Gasteiger partial charge < -0.3 is 4.90 Å². The van der Waals surface area contributed by atoms with Crippen molar-refractivity contribution in [2.75, 3.05) is 4.90 Å². The maximum absolute atomic E-state index is 2.42. The van der Waals surface area contributed by atoms with E-state index in [0.29, 0.717) is 0 Å². The first kappa shape index (κ1) is 24.0. The molecular weight excluding hydrogens is 518 g/mol. The molecule has 0 fully saturated rings. The third-order valence-electron chi connectivity index (χ3n) is 8.98. The number of rotatable bonds is 2. The van der Waals surface area contributed by atoms with Crippen LogP contribution in [0.4, 0.5) is 17.1 Å². The van der Waals surface area contributed by atoms with Gasteiger partial charge in [0, 0.05) is 16.8 Å². The standard InChI is InChI=1S/C42H27N/c1-2-13-29(14-3-1)43-40-24-11-10-20-36(40)32-16-5-7-19-35(32)39-27-28(25-26-41(39)43)30-22-12-23-38-34-17-6-4-15-31(34)33-18-8-9-21-37(33)42(30)38/h1-27H. The van der Waals surface area contributed by atoms with E-state index in [1.165, 1.54) is 77.1 Å². The quantitative estimate of drug-likeness (QED) is 0.195. The fourth-order valence-corrected chi connectivity index (χ4v) is 7.14. The summed E-state index contributed by atoms with van der Waals surface area (Å²) in [5.74, 6) is 0. The van der Waals surface area contributed by atoms with Gasteiger partial charge in [0.15, 0.2) is 0 Å². The van der Waals surface area contributed by atoms with E-state index in [-0.39, 0.29) is 0 Å². The summed E-state index contributed by atoms with van der Waals surface area (Å²) in [4.78, 5) is 2.42. The molecule has 0 saturated carbocycles. The van der Waals surface area contributed by atoms with Crippen molar-refractivity contribution >= 4 is 49.4 Å². The van der Waals surface area contributed by atoms with Crippen molar-refractivity contribution in [3.05, 3.63) is 164 Å². The Morgan fingerprint density at radius 1 is 0.302 bits per heavy atom. The molecule has 1 heteroatoms. The molecule has 43 heavy (non-hydrogen) atoms. The van der Waals surface area contributed by atoms with Gasteiger partial charge in [-0.25, -0.2) is 0 Å². The van der Waals surface area contributed by atoms with Gasteiger partial charge in [0.2, 0.25) is 0 Å². The predicted molar refractivity (Wildman–Crippen MR) is 184 cm³/mol. The van der Waals surface area contributed by atoms with Gasteiger partial charge in [-0.05, 0) is 84.9 Å². The lowest BCUT2D eigenvalue weighted by Crippen LogP contribution is -2.10. The number of fused-ring (bicyclic) bond motifs is 11. The summed E-state index contributed by atoms with van der Waals surface area (Å²) in [6.07, 6.45) is 0. The Kier molecular flexibility index (Phi) is 5.27. The van der Waals surface area contributed by atoms with Gasteiger partial charge in [0.1, 0.15) is 0 Å². The number of nitrogens with zero attached hydrogens (tertiary/aromatic N) is 1. The largest absolute Gasteiger partial charge is 0.309 e. The lowest BCUT2D eigenvalue weighted by atomic mass is 9.88. The summed E-state index contributed by atoms with van der Waals surface area (Å²) in [6, 6.07) is 59.8. The lowest BCUT2D eigenvalue weighted by Gasteiger charge is -2.27. The molecule has 0 unspecified atom stereocenters. The summed E-state index contributed by atoms with van der Waals surface area (Å²) in [6.45, 7) is 0. The molecule has 8 aromatic rings. The minimum Gasteiger partial charge on any atom is -0.309 e. The van der Waals surface area contributed by atoms with Crippen LogP contribution in [0.3, 0.4) is 0 Å². The van der Waals surface area contributed by atoms with Gasteiger partial charge in [0.25, 0.3) is 0 Å². The van der Waals surface area contributed by atoms with Gasteiger partial charge in [-0.3, -0.25) is 0 Å². The fraction of sp³-hybridized carbons (Fsp3) is 0. The molecule has 8 aromatic carbocycles. The minimum atomic E-state index is 1.15. The van der Waals surface area contributed by atoms with Crippen molar-refractivity contribution in [2.24, 2.45) is 0 Å². The minimum absolute atomic E-state index is 1.15. The fourth-order valence-electron chi connectivity index (χ4n) is 7.14. The molecule has 200 valence electrons. The number of hydrogen-bond acceptors (Lipinski definition) is 1. The van der Waals surface area contributed by atoms with Crippen molar-refractivity contribution < 1.29 is 0 Å². The molecule has 1 nitrogen and oxygen atoms in total. The second kappa shape index (κ2) is 9.44. The third-order valence-corrected chi connectivity index (χ3v) is 8.98. The van der Waals surface area contributed by atoms with Crippen LogP contribution in [-0.2, 0) is 0 Å². The number of anilines is 3. The molecule has 0 aliphatic carbocycles. The van der Waals surface area contributed by atoms with Crippen molar-refractivity contribution in [3.8, 4) is 33.4 Å². The van der Waals surface area contributed by atoms with Crippen LogP contribution >= 0.6 is 0 Å². The highest BCUT2D eigenvalue weighted by molar-refractivity contribution is 6.28. The van der Waals surface area contributed by atoms with Gasteiger partial charge in [-0.1, -0.05) is 133 Å². The van der Waals surface area contributed by atoms with Crippen molar-refractivity contribution in [1.82, 2.24) is 0 Å². The molecule has 0 N–H and O–H groups in total. The molecule has 0 aromatic heterocycles. The molecule has 0 radical (unpaired) electrons. The maximum Gasteiger partial charge on any atom is 0.0540 e. The first-order chi connectivity index (χ1) is 21.4. The topological polar surface area (TPSA) is 3.24 Å². The highest BCUT2D eigenvalue weighted by atomic mass is 15.1. The van der Waals surface area contributed by atoms with E-state index in [1.54, 1.807) is 0 Å². The van der Waals surface area contributed by atoms with Gasteiger partial charge in [-0.2, -0.15) is 0 Å². The first-order valence-electron chi connectivity index (χ1n) is 14.9. The van der Waals surface area contributed by atoms with E-state index < -0.39 is 0 Å². The lowest BCUT2D eigenvalue weighted by molar-refractivity contribution is 1.29. The van der Waals surface area contributed by atoms with Gasteiger partial charge in [-0.15, -0.1) is 0 Å². The summed E-state index contributed by atoms with van der Waals surface area (Å²) < 4.78 is 0. The first-order valence-corrected chi connectivity index (χ1v) is 14.9. The Labute approximate surface area is 250 Å². The molecule has 1 heterocycles. The summed E-state index contributed by atoms with van der Waals surface area (Å²) in [7, 11) is 0. The molecule has 9 rings (SSSR count). The Bertz CT molecular complexity index is 2300. The Hall–Kier alpha value is -5.66. The highest BCUT2D eigenvalue weighted by Gasteiger charge is 2.26. The number of hydrogen-bond donors (Lipinski definition) is 0. The number of para-hydroxylation sites is 2. The van der Waals surface area contributed by atoms with Crippen molar-refractivity contribution in [3.63, 3.8) is 0 Å². The highest BCUT2D eigenvalue weighted by Crippen LogP contribution is 2.52. The summed E-state index contributed by atoms with van der Waals surface area (Å²) >= 11 is 0. The molecule has 0 amide bonds. The SMILES string of the molecule is c1ccc(N2c3ccccc3-c3ccccc3-c3cc(-c4cccc5c6ccccc6c6ccccc6c45)ccc32)cc1. The molecule has 0 atom stereocenters. The Morgan fingerprint density at radius 3 is 1.51 bits per heavy atom. The molecule has 0 spiro atoms. The second-order valence-corrected chi connectivity index (χ2v) is 11.3. The molecule has 1 aliphatic rings. The normalized spacial score (nSPS) is 12.1. The van der Waals surface area contributed by atoms with Crippen molar-refractivity contribution in [2.45, 2.75) is 0 Å². The molecular formula is C42H27N. The maximum atomic E-state index is 2.42. The van der Waals surface area contributed by atoms with Gasteiger partial charge in [0.05, 0.1) is 11.4 Å². The summed E-state index contributed by atoms with van der Waals surface area (Å²) in [5, 5.41) is 7.78. The average Bonchev–Trinajstić information content (AvgIpc) is 3.21. The zero-order valence-electron chi connectivity index (χ0n) is 23.5.